The Morgan fingerprint density at radius 2 is 2.13 bits per heavy atom. The highest BCUT2D eigenvalue weighted by molar-refractivity contribution is 5.91. The highest BCUT2D eigenvalue weighted by Crippen LogP contribution is 2.29. The van der Waals surface area contributed by atoms with Crippen LogP contribution in [0.1, 0.15) is 24.0 Å². The van der Waals surface area contributed by atoms with E-state index < -0.39 is 0 Å². The summed E-state index contributed by atoms with van der Waals surface area (Å²) in [7, 11) is 1.58. The normalized spacial score (nSPS) is 15.7. The van der Waals surface area contributed by atoms with Crippen LogP contribution in [0.2, 0.25) is 0 Å². The average molecular weight is 426 g/mol. The smallest absolute Gasteiger partial charge is 0.246 e. The van der Waals surface area contributed by atoms with E-state index >= 15 is 0 Å². The Hall–Kier alpha value is -3.12. The maximum Gasteiger partial charge on any atom is 0.246 e. The van der Waals surface area contributed by atoms with Gasteiger partial charge in [0.15, 0.2) is 11.5 Å². The molecule has 1 aliphatic heterocycles. The number of nitrogens with zero attached hydrogens (tertiary/aromatic N) is 1. The first-order valence-electron chi connectivity index (χ1n) is 10.3. The molecule has 1 saturated heterocycles. The second-order valence-electron chi connectivity index (χ2n) is 7.29. The molecule has 1 amide bonds. The molecule has 0 N–H and O–H groups in total. The minimum atomic E-state index is -0.364. The molecule has 6 heteroatoms. The van der Waals surface area contributed by atoms with Gasteiger partial charge >= 0.3 is 0 Å². The summed E-state index contributed by atoms with van der Waals surface area (Å²) in [6, 6.07) is 11.9. The van der Waals surface area contributed by atoms with E-state index in [2.05, 4.69) is 6.58 Å². The van der Waals surface area contributed by atoms with Crippen molar-refractivity contribution in [3.63, 3.8) is 0 Å². The molecule has 0 aromatic heterocycles. The van der Waals surface area contributed by atoms with E-state index in [1.165, 1.54) is 18.2 Å². The van der Waals surface area contributed by atoms with Crippen LogP contribution in [0.25, 0.3) is 6.08 Å². The maximum absolute atomic E-state index is 13.9. The topological polar surface area (TPSA) is 48.0 Å². The Kier molecular flexibility index (Phi) is 8.24. The first-order valence-corrected chi connectivity index (χ1v) is 10.3. The minimum Gasteiger partial charge on any atom is -0.493 e. The second-order valence-corrected chi connectivity index (χ2v) is 7.29. The lowest BCUT2D eigenvalue weighted by molar-refractivity contribution is -0.128. The van der Waals surface area contributed by atoms with Crippen LogP contribution in [-0.2, 0) is 16.1 Å². The van der Waals surface area contributed by atoms with E-state index in [0.29, 0.717) is 43.4 Å². The van der Waals surface area contributed by atoms with Crippen LogP contribution >= 0.6 is 0 Å². The summed E-state index contributed by atoms with van der Waals surface area (Å²) < 4.78 is 30.7. The van der Waals surface area contributed by atoms with Gasteiger partial charge in [0.25, 0.3) is 0 Å². The lowest BCUT2D eigenvalue weighted by atomic mass is 10.1. The third-order valence-electron chi connectivity index (χ3n) is 5.03. The zero-order valence-electron chi connectivity index (χ0n) is 17.8. The lowest BCUT2D eigenvalue weighted by Gasteiger charge is -2.25. The van der Waals surface area contributed by atoms with Gasteiger partial charge in [0.1, 0.15) is 12.4 Å². The number of amides is 1. The van der Waals surface area contributed by atoms with Gasteiger partial charge < -0.3 is 19.1 Å². The third-order valence-corrected chi connectivity index (χ3v) is 5.03. The Morgan fingerprint density at radius 1 is 1.29 bits per heavy atom. The molecule has 1 atom stereocenters. The molecule has 0 spiro atoms. The summed E-state index contributed by atoms with van der Waals surface area (Å²) in [5, 5.41) is 0. The number of benzene rings is 2. The summed E-state index contributed by atoms with van der Waals surface area (Å²) >= 11 is 0. The first kappa shape index (κ1) is 22.6. The van der Waals surface area contributed by atoms with Gasteiger partial charge in [-0.25, -0.2) is 4.39 Å². The number of rotatable bonds is 10. The van der Waals surface area contributed by atoms with E-state index in [4.69, 9.17) is 14.2 Å². The van der Waals surface area contributed by atoms with Crippen LogP contribution in [0.4, 0.5) is 4.39 Å². The van der Waals surface area contributed by atoms with E-state index in [9.17, 15) is 9.18 Å². The Balaban J connectivity index is 1.77. The Labute approximate surface area is 182 Å². The molecular formula is C25H28FNO4. The van der Waals surface area contributed by atoms with Gasteiger partial charge in [-0.05, 0) is 42.7 Å². The van der Waals surface area contributed by atoms with Crippen LogP contribution in [0.3, 0.4) is 0 Å². The van der Waals surface area contributed by atoms with E-state index in [1.807, 2.05) is 18.2 Å². The van der Waals surface area contributed by atoms with Gasteiger partial charge in [-0.15, -0.1) is 0 Å². The van der Waals surface area contributed by atoms with Crippen LogP contribution in [-0.4, -0.2) is 43.8 Å². The Bertz CT molecular complexity index is 921. The van der Waals surface area contributed by atoms with Crippen molar-refractivity contribution in [2.45, 2.75) is 25.5 Å². The summed E-state index contributed by atoms with van der Waals surface area (Å²) in [6.07, 6.45) is 6.48. The van der Waals surface area contributed by atoms with Crippen molar-refractivity contribution in [3.8, 4) is 11.5 Å². The molecular weight excluding hydrogens is 397 g/mol. The number of hydrogen-bond donors (Lipinski definition) is 0. The quantitative estimate of drug-likeness (QED) is 0.412. The molecule has 5 nitrogen and oxygen atoms in total. The molecule has 1 unspecified atom stereocenters. The molecule has 1 heterocycles. The van der Waals surface area contributed by atoms with Crippen LogP contribution < -0.4 is 9.47 Å². The van der Waals surface area contributed by atoms with Gasteiger partial charge in [-0.2, -0.15) is 0 Å². The molecule has 1 fully saturated rings. The monoisotopic (exact) mass is 425 g/mol. The lowest BCUT2D eigenvalue weighted by Crippen LogP contribution is -2.35. The number of methoxy groups -OCH3 is 1. The zero-order valence-corrected chi connectivity index (χ0v) is 17.8. The van der Waals surface area contributed by atoms with Crippen molar-refractivity contribution in [1.29, 1.82) is 0 Å². The Morgan fingerprint density at radius 3 is 2.84 bits per heavy atom. The second kappa shape index (κ2) is 11.3. The SMILES string of the molecule is C=CCOc1ccc(CN(CC2CCCO2)C(=O)C=Cc2ccccc2F)cc1OC. The van der Waals surface area contributed by atoms with E-state index in [-0.39, 0.29) is 17.8 Å². The fourth-order valence-electron chi connectivity index (χ4n) is 3.44. The number of hydrogen-bond acceptors (Lipinski definition) is 4. The first-order chi connectivity index (χ1) is 15.1. The van der Waals surface area contributed by atoms with Crippen molar-refractivity contribution in [2.24, 2.45) is 0 Å². The molecule has 164 valence electrons. The fourth-order valence-corrected chi connectivity index (χ4v) is 3.44. The summed E-state index contributed by atoms with van der Waals surface area (Å²) in [5.74, 6) is 0.634. The molecule has 2 aromatic rings. The van der Waals surface area contributed by atoms with Crippen molar-refractivity contribution >= 4 is 12.0 Å². The van der Waals surface area contributed by atoms with Gasteiger partial charge in [-0.1, -0.05) is 36.9 Å². The molecule has 0 radical (unpaired) electrons. The van der Waals surface area contributed by atoms with Gasteiger partial charge in [0, 0.05) is 31.3 Å². The molecule has 0 saturated carbocycles. The van der Waals surface area contributed by atoms with Crippen LogP contribution in [0, 0.1) is 5.82 Å². The van der Waals surface area contributed by atoms with Crippen molar-refractivity contribution in [3.05, 3.63) is 78.1 Å². The predicted molar refractivity (Wildman–Crippen MR) is 119 cm³/mol. The molecule has 1 aliphatic rings. The van der Waals surface area contributed by atoms with E-state index in [0.717, 1.165) is 18.4 Å². The number of halogens is 1. The minimum absolute atomic E-state index is 0.00269. The largest absolute Gasteiger partial charge is 0.493 e. The highest BCUT2D eigenvalue weighted by Gasteiger charge is 2.22. The fraction of sp³-hybridized carbons (Fsp3) is 0.320. The van der Waals surface area contributed by atoms with Crippen molar-refractivity contribution in [2.75, 3.05) is 26.9 Å². The molecule has 2 aromatic carbocycles. The third kappa shape index (κ3) is 6.43. The number of ether oxygens (including phenoxy) is 3. The predicted octanol–water partition coefficient (Wildman–Crippen LogP) is 4.62. The highest BCUT2D eigenvalue weighted by atomic mass is 19.1. The molecule has 0 bridgehead atoms. The summed E-state index contributed by atoms with van der Waals surface area (Å²) in [6.45, 7) is 5.58. The zero-order chi connectivity index (χ0) is 22.1. The molecule has 31 heavy (non-hydrogen) atoms. The van der Waals surface area contributed by atoms with Crippen molar-refractivity contribution < 1.29 is 23.4 Å². The van der Waals surface area contributed by atoms with Crippen molar-refractivity contribution in [1.82, 2.24) is 4.90 Å². The van der Waals surface area contributed by atoms with E-state index in [1.54, 1.807) is 36.3 Å². The average Bonchev–Trinajstić information content (AvgIpc) is 3.30. The van der Waals surface area contributed by atoms with Gasteiger partial charge in [-0.3, -0.25) is 4.79 Å². The maximum atomic E-state index is 13.9. The van der Waals surface area contributed by atoms with Gasteiger partial charge in [0.05, 0.1) is 13.2 Å². The van der Waals surface area contributed by atoms with Gasteiger partial charge in [0.2, 0.25) is 5.91 Å². The summed E-state index contributed by atoms with van der Waals surface area (Å²) in [5.41, 5.74) is 1.27. The number of carbonyl (C=O) groups is 1. The van der Waals surface area contributed by atoms with Crippen LogP contribution in [0.15, 0.2) is 61.2 Å². The molecule has 0 aliphatic carbocycles. The molecule has 3 rings (SSSR count). The number of carbonyl (C=O) groups excluding carboxylic acids is 1. The van der Waals surface area contributed by atoms with Crippen LogP contribution in [0.5, 0.6) is 11.5 Å². The standard InChI is InChI=1S/C25H28FNO4/c1-3-14-31-23-12-10-19(16-24(23)29-2)17-27(18-21-8-6-15-30-21)25(28)13-11-20-7-4-5-9-22(20)26/h3-5,7,9-13,16,21H,1,6,8,14-15,17-18H2,2H3. The summed E-state index contributed by atoms with van der Waals surface area (Å²) in [4.78, 5) is 14.7.